The van der Waals surface area contributed by atoms with E-state index in [1.54, 1.807) is 11.8 Å². The molecule has 1 saturated heterocycles. The Labute approximate surface area is 123 Å². The maximum Gasteiger partial charge on any atom is 0.251 e. The highest BCUT2D eigenvalue weighted by Crippen LogP contribution is 2.11. The maximum atomic E-state index is 12.1. The number of hydrogen-bond donors (Lipinski definition) is 2. The SMILES string of the molecule is CSCc1ccc(C(=O)N[C@H]2CCCCNC2=O)cc1. The Morgan fingerprint density at radius 1 is 1.35 bits per heavy atom. The van der Waals surface area contributed by atoms with Crippen molar-refractivity contribution in [2.24, 2.45) is 0 Å². The monoisotopic (exact) mass is 292 g/mol. The van der Waals surface area contributed by atoms with Crippen LogP contribution >= 0.6 is 11.8 Å². The van der Waals surface area contributed by atoms with Gasteiger partial charge in [-0.05, 0) is 43.2 Å². The molecule has 1 atom stereocenters. The van der Waals surface area contributed by atoms with Crippen LogP contribution in [0.25, 0.3) is 0 Å². The third-order valence-corrected chi connectivity index (χ3v) is 3.99. The fourth-order valence-electron chi connectivity index (χ4n) is 2.24. The molecule has 1 aliphatic rings. The van der Waals surface area contributed by atoms with Gasteiger partial charge in [0.25, 0.3) is 5.91 Å². The molecule has 1 aliphatic heterocycles. The lowest BCUT2D eigenvalue weighted by Gasteiger charge is -2.15. The summed E-state index contributed by atoms with van der Waals surface area (Å²) in [6, 6.07) is 7.14. The summed E-state index contributed by atoms with van der Waals surface area (Å²) in [7, 11) is 0. The topological polar surface area (TPSA) is 58.2 Å². The van der Waals surface area contributed by atoms with Crippen LogP contribution in [0.5, 0.6) is 0 Å². The van der Waals surface area contributed by atoms with Gasteiger partial charge in [-0.1, -0.05) is 12.1 Å². The first-order valence-electron chi connectivity index (χ1n) is 6.87. The Morgan fingerprint density at radius 3 is 2.80 bits per heavy atom. The summed E-state index contributed by atoms with van der Waals surface area (Å²) in [5.74, 6) is 0.685. The van der Waals surface area contributed by atoms with Gasteiger partial charge in [0.05, 0.1) is 0 Å². The number of nitrogens with one attached hydrogen (secondary N) is 2. The normalized spacial score (nSPS) is 19.1. The van der Waals surface area contributed by atoms with Gasteiger partial charge in [-0.3, -0.25) is 9.59 Å². The van der Waals surface area contributed by atoms with E-state index in [4.69, 9.17) is 0 Å². The minimum Gasteiger partial charge on any atom is -0.354 e. The van der Waals surface area contributed by atoms with Crippen LogP contribution < -0.4 is 10.6 Å². The molecule has 4 nitrogen and oxygen atoms in total. The lowest BCUT2D eigenvalue weighted by molar-refractivity contribution is -0.122. The predicted molar refractivity (Wildman–Crippen MR) is 81.8 cm³/mol. The number of amides is 2. The van der Waals surface area contributed by atoms with Gasteiger partial charge in [0.2, 0.25) is 5.91 Å². The van der Waals surface area contributed by atoms with Gasteiger partial charge in [0, 0.05) is 17.9 Å². The molecule has 0 aromatic heterocycles. The van der Waals surface area contributed by atoms with Crippen LogP contribution in [0.1, 0.15) is 35.2 Å². The summed E-state index contributed by atoms with van der Waals surface area (Å²) in [5.41, 5.74) is 1.80. The average molecular weight is 292 g/mol. The molecule has 20 heavy (non-hydrogen) atoms. The van der Waals surface area contributed by atoms with E-state index in [1.165, 1.54) is 5.56 Å². The van der Waals surface area contributed by atoms with Crippen LogP contribution in [0.4, 0.5) is 0 Å². The van der Waals surface area contributed by atoms with Crippen molar-refractivity contribution in [3.63, 3.8) is 0 Å². The molecule has 2 amide bonds. The first-order valence-corrected chi connectivity index (χ1v) is 8.26. The number of thioether (sulfide) groups is 1. The second-order valence-electron chi connectivity index (χ2n) is 4.94. The zero-order valence-electron chi connectivity index (χ0n) is 11.6. The Hall–Kier alpha value is -1.49. The van der Waals surface area contributed by atoms with Crippen molar-refractivity contribution < 1.29 is 9.59 Å². The number of hydrogen-bond acceptors (Lipinski definition) is 3. The van der Waals surface area contributed by atoms with Crippen molar-refractivity contribution in [1.29, 1.82) is 0 Å². The van der Waals surface area contributed by atoms with Crippen LogP contribution in [0.3, 0.4) is 0 Å². The van der Waals surface area contributed by atoms with Gasteiger partial charge in [-0.15, -0.1) is 0 Å². The largest absolute Gasteiger partial charge is 0.354 e. The number of benzene rings is 1. The Bertz CT molecular complexity index is 473. The molecule has 1 aromatic carbocycles. The standard InChI is InChI=1S/C15H20N2O2S/c1-20-10-11-5-7-12(8-6-11)14(18)17-13-4-2-3-9-16-15(13)19/h5-8,13H,2-4,9-10H2,1H3,(H,16,19)(H,17,18)/t13-/m0/s1. The van der Waals surface area contributed by atoms with E-state index < -0.39 is 6.04 Å². The van der Waals surface area contributed by atoms with Gasteiger partial charge in [-0.2, -0.15) is 11.8 Å². The number of carbonyl (C=O) groups excluding carboxylic acids is 2. The third kappa shape index (κ3) is 4.00. The first kappa shape index (κ1) is 14.9. The van der Waals surface area contributed by atoms with E-state index >= 15 is 0 Å². The zero-order valence-corrected chi connectivity index (χ0v) is 12.5. The summed E-state index contributed by atoms with van der Waals surface area (Å²) in [6.45, 7) is 0.703. The second-order valence-corrected chi connectivity index (χ2v) is 5.81. The molecule has 108 valence electrons. The lowest BCUT2D eigenvalue weighted by Crippen LogP contribution is -2.45. The minimum absolute atomic E-state index is 0.0742. The van der Waals surface area contributed by atoms with Gasteiger partial charge < -0.3 is 10.6 Å². The molecule has 2 rings (SSSR count). The molecule has 0 aliphatic carbocycles. The fourth-order valence-corrected chi connectivity index (χ4v) is 2.76. The van der Waals surface area contributed by atoms with E-state index in [0.717, 1.165) is 18.6 Å². The van der Waals surface area contributed by atoms with Crippen LogP contribution in [0.2, 0.25) is 0 Å². The van der Waals surface area contributed by atoms with Crippen molar-refractivity contribution in [2.75, 3.05) is 12.8 Å². The van der Waals surface area contributed by atoms with Crippen LogP contribution in [0, 0.1) is 0 Å². The van der Waals surface area contributed by atoms with Gasteiger partial charge in [0.15, 0.2) is 0 Å². The minimum atomic E-state index is -0.407. The Kier molecular flexibility index (Phi) is 5.47. The summed E-state index contributed by atoms with van der Waals surface area (Å²) in [5, 5.41) is 5.64. The highest BCUT2D eigenvalue weighted by atomic mass is 32.2. The predicted octanol–water partition coefficient (Wildman–Crippen LogP) is 1.95. The maximum absolute atomic E-state index is 12.1. The smallest absolute Gasteiger partial charge is 0.251 e. The molecule has 1 heterocycles. The quantitative estimate of drug-likeness (QED) is 0.892. The number of rotatable bonds is 4. The van der Waals surface area contributed by atoms with Gasteiger partial charge in [-0.25, -0.2) is 0 Å². The molecule has 5 heteroatoms. The molecule has 0 spiro atoms. The molecular formula is C15H20N2O2S. The molecule has 1 fully saturated rings. The van der Waals surface area contributed by atoms with E-state index in [2.05, 4.69) is 10.6 Å². The van der Waals surface area contributed by atoms with E-state index in [-0.39, 0.29) is 11.8 Å². The Morgan fingerprint density at radius 2 is 2.10 bits per heavy atom. The molecule has 0 saturated carbocycles. The van der Waals surface area contributed by atoms with Crippen molar-refractivity contribution >= 4 is 23.6 Å². The van der Waals surface area contributed by atoms with Crippen molar-refractivity contribution in [3.05, 3.63) is 35.4 Å². The Balaban J connectivity index is 1.98. The van der Waals surface area contributed by atoms with Gasteiger partial charge in [0.1, 0.15) is 6.04 Å². The molecule has 0 radical (unpaired) electrons. The zero-order chi connectivity index (χ0) is 14.4. The first-order chi connectivity index (χ1) is 9.70. The molecule has 0 unspecified atom stereocenters. The van der Waals surface area contributed by atoms with E-state index in [9.17, 15) is 9.59 Å². The fraction of sp³-hybridized carbons (Fsp3) is 0.467. The van der Waals surface area contributed by atoms with Crippen LogP contribution in [0.15, 0.2) is 24.3 Å². The molecular weight excluding hydrogens is 272 g/mol. The highest BCUT2D eigenvalue weighted by Gasteiger charge is 2.22. The second kappa shape index (κ2) is 7.33. The lowest BCUT2D eigenvalue weighted by atomic mass is 10.1. The average Bonchev–Trinajstić information content (AvgIpc) is 2.65. The molecule has 0 bridgehead atoms. The molecule has 1 aromatic rings. The van der Waals surface area contributed by atoms with E-state index in [1.807, 2.05) is 30.5 Å². The van der Waals surface area contributed by atoms with Crippen LogP contribution in [-0.2, 0) is 10.5 Å². The van der Waals surface area contributed by atoms with Crippen LogP contribution in [-0.4, -0.2) is 30.7 Å². The highest BCUT2D eigenvalue weighted by molar-refractivity contribution is 7.97. The van der Waals surface area contributed by atoms with Gasteiger partial charge >= 0.3 is 0 Å². The van der Waals surface area contributed by atoms with Crippen molar-refractivity contribution in [2.45, 2.75) is 31.1 Å². The van der Waals surface area contributed by atoms with E-state index in [0.29, 0.717) is 18.5 Å². The summed E-state index contributed by atoms with van der Waals surface area (Å²) >= 11 is 1.75. The van der Waals surface area contributed by atoms with Crippen molar-refractivity contribution in [3.8, 4) is 0 Å². The summed E-state index contributed by atoms with van der Waals surface area (Å²) in [4.78, 5) is 23.9. The summed E-state index contributed by atoms with van der Waals surface area (Å²) in [6.07, 6.45) is 4.69. The summed E-state index contributed by atoms with van der Waals surface area (Å²) < 4.78 is 0. The van der Waals surface area contributed by atoms with Crippen molar-refractivity contribution in [1.82, 2.24) is 10.6 Å². The number of carbonyl (C=O) groups is 2. The molecule has 2 N–H and O–H groups in total. The third-order valence-electron chi connectivity index (χ3n) is 3.37.